The van der Waals surface area contributed by atoms with Gasteiger partial charge in [0.25, 0.3) is 0 Å². The molecule has 4 heteroatoms. The van der Waals surface area contributed by atoms with E-state index >= 15 is 0 Å². The molecule has 1 heterocycles. The van der Waals surface area contributed by atoms with Crippen molar-refractivity contribution in [2.75, 3.05) is 13.2 Å². The van der Waals surface area contributed by atoms with Gasteiger partial charge in [-0.25, -0.2) is 0 Å². The van der Waals surface area contributed by atoms with Crippen molar-refractivity contribution >= 4 is 0 Å². The SMILES string of the molecule is CCCOc1cncc(C(O)C(C)(CC)OCC)c1. The molecule has 0 radical (unpaired) electrons. The molecule has 0 fully saturated rings. The van der Waals surface area contributed by atoms with Gasteiger partial charge in [-0.1, -0.05) is 13.8 Å². The van der Waals surface area contributed by atoms with E-state index in [4.69, 9.17) is 9.47 Å². The zero-order chi connectivity index (χ0) is 14.3. The summed E-state index contributed by atoms with van der Waals surface area (Å²) in [5.41, 5.74) is 0.131. The van der Waals surface area contributed by atoms with E-state index in [-0.39, 0.29) is 0 Å². The minimum Gasteiger partial charge on any atom is -0.492 e. The average molecular weight is 267 g/mol. The van der Waals surface area contributed by atoms with Crippen LogP contribution in [0.5, 0.6) is 5.75 Å². The third kappa shape index (κ3) is 4.18. The highest BCUT2D eigenvalue weighted by Gasteiger charge is 2.33. The summed E-state index contributed by atoms with van der Waals surface area (Å²) >= 11 is 0. The molecule has 108 valence electrons. The highest BCUT2D eigenvalue weighted by molar-refractivity contribution is 5.26. The second-order valence-electron chi connectivity index (χ2n) is 4.80. The lowest BCUT2D eigenvalue weighted by Crippen LogP contribution is -2.35. The largest absolute Gasteiger partial charge is 0.492 e. The van der Waals surface area contributed by atoms with E-state index in [9.17, 15) is 5.11 Å². The molecule has 0 spiro atoms. The summed E-state index contributed by atoms with van der Waals surface area (Å²) < 4.78 is 11.2. The number of hydrogen-bond acceptors (Lipinski definition) is 4. The molecule has 0 bridgehead atoms. The number of aromatic nitrogens is 1. The molecule has 1 aromatic rings. The number of hydrogen-bond donors (Lipinski definition) is 1. The summed E-state index contributed by atoms with van der Waals surface area (Å²) in [6, 6.07) is 1.83. The van der Waals surface area contributed by atoms with Crippen LogP contribution in [-0.2, 0) is 4.74 Å². The van der Waals surface area contributed by atoms with Crippen LogP contribution in [0.3, 0.4) is 0 Å². The lowest BCUT2D eigenvalue weighted by molar-refractivity contribution is -0.113. The van der Waals surface area contributed by atoms with E-state index in [0.717, 1.165) is 18.4 Å². The van der Waals surface area contributed by atoms with E-state index in [2.05, 4.69) is 11.9 Å². The van der Waals surface area contributed by atoms with E-state index in [1.807, 2.05) is 26.8 Å². The molecular weight excluding hydrogens is 242 g/mol. The van der Waals surface area contributed by atoms with E-state index < -0.39 is 11.7 Å². The second-order valence-corrected chi connectivity index (χ2v) is 4.80. The van der Waals surface area contributed by atoms with Gasteiger partial charge in [-0.15, -0.1) is 0 Å². The summed E-state index contributed by atoms with van der Waals surface area (Å²) in [5, 5.41) is 10.5. The quantitative estimate of drug-likeness (QED) is 0.786. The van der Waals surface area contributed by atoms with Crippen LogP contribution in [0.4, 0.5) is 0 Å². The predicted molar refractivity (Wildman–Crippen MR) is 75.3 cm³/mol. The molecule has 0 aliphatic heterocycles. The normalized spacial score (nSPS) is 15.8. The van der Waals surface area contributed by atoms with E-state index in [1.165, 1.54) is 0 Å². The fraction of sp³-hybridized carbons (Fsp3) is 0.667. The molecule has 0 aromatic carbocycles. The Hall–Kier alpha value is -1.13. The standard InChI is InChI=1S/C15H25NO3/c1-5-8-18-13-9-12(10-16-11-13)14(17)15(4,6-2)19-7-3/h9-11,14,17H,5-8H2,1-4H3. The molecule has 4 nitrogen and oxygen atoms in total. The van der Waals surface area contributed by atoms with Crippen LogP contribution in [0.2, 0.25) is 0 Å². The molecule has 19 heavy (non-hydrogen) atoms. The maximum atomic E-state index is 10.5. The van der Waals surface area contributed by atoms with Crippen molar-refractivity contribution in [1.29, 1.82) is 0 Å². The van der Waals surface area contributed by atoms with Gasteiger partial charge in [0, 0.05) is 18.4 Å². The van der Waals surface area contributed by atoms with Gasteiger partial charge >= 0.3 is 0 Å². The molecular formula is C15H25NO3. The van der Waals surface area contributed by atoms with Gasteiger partial charge < -0.3 is 14.6 Å². The van der Waals surface area contributed by atoms with Crippen LogP contribution in [0.15, 0.2) is 18.5 Å². The molecule has 2 unspecified atom stereocenters. The molecule has 0 amide bonds. The predicted octanol–water partition coefficient (Wildman–Crippen LogP) is 3.11. The fourth-order valence-corrected chi connectivity index (χ4v) is 1.94. The van der Waals surface area contributed by atoms with Crippen LogP contribution in [-0.4, -0.2) is 28.9 Å². The minimum absolute atomic E-state index is 0.570. The molecule has 1 aromatic heterocycles. The van der Waals surface area contributed by atoms with E-state index in [0.29, 0.717) is 19.0 Å². The Bertz CT molecular complexity index is 383. The lowest BCUT2D eigenvalue weighted by Gasteiger charge is -2.33. The number of rotatable bonds is 8. The van der Waals surface area contributed by atoms with Crippen molar-refractivity contribution in [1.82, 2.24) is 4.98 Å². The molecule has 0 saturated heterocycles. The van der Waals surface area contributed by atoms with Crippen molar-refractivity contribution in [2.24, 2.45) is 0 Å². The smallest absolute Gasteiger partial charge is 0.137 e. The third-order valence-electron chi connectivity index (χ3n) is 3.28. The van der Waals surface area contributed by atoms with Crippen LogP contribution in [0.1, 0.15) is 52.2 Å². The maximum Gasteiger partial charge on any atom is 0.137 e. The summed E-state index contributed by atoms with van der Waals surface area (Å²) in [7, 11) is 0. The molecule has 1 rings (SSSR count). The van der Waals surface area contributed by atoms with Crippen LogP contribution in [0.25, 0.3) is 0 Å². The number of aliphatic hydroxyl groups is 1. The van der Waals surface area contributed by atoms with Crippen LogP contribution in [0, 0.1) is 0 Å². The van der Waals surface area contributed by atoms with Crippen molar-refractivity contribution in [2.45, 2.75) is 52.2 Å². The summed E-state index contributed by atoms with van der Waals surface area (Å²) in [4.78, 5) is 4.13. The number of pyridine rings is 1. The van der Waals surface area contributed by atoms with Gasteiger partial charge in [0.05, 0.1) is 18.4 Å². The fourth-order valence-electron chi connectivity index (χ4n) is 1.94. The summed E-state index contributed by atoms with van der Waals surface area (Å²) in [5.74, 6) is 0.688. The Labute approximate surface area is 115 Å². The molecule has 0 aliphatic carbocycles. The first-order chi connectivity index (χ1) is 9.07. The lowest BCUT2D eigenvalue weighted by atomic mass is 9.91. The summed E-state index contributed by atoms with van der Waals surface area (Å²) in [6.07, 6.45) is 4.28. The van der Waals surface area contributed by atoms with E-state index in [1.54, 1.807) is 12.4 Å². The van der Waals surface area contributed by atoms with Crippen molar-refractivity contribution in [3.05, 3.63) is 24.0 Å². The third-order valence-corrected chi connectivity index (χ3v) is 3.28. The van der Waals surface area contributed by atoms with Crippen LogP contribution >= 0.6 is 0 Å². The number of ether oxygens (including phenoxy) is 2. The minimum atomic E-state index is -0.713. The van der Waals surface area contributed by atoms with Gasteiger partial charge in [0.1, 0.15) is 11.9 Å². The molecule has 0 aliphatic rings. The monoisotopic (exact) mass is 267 g/mol. The van der Waals surface area contributed by atoms with Crippen LogP contribution < -0.4 is 4.74 Å². The number of nitrogens with zero attached hydrogens (tertiary/aromatic N) is 1. The highest BCUT2D eigenvalue weighted by Crippen LogP contribution is 2.32. The molecule has 1 N–H and O–H groups in total. The van der Waals surface area contributed by atoms with Crippen molar-refractivity contribution < 1.29 is 14.6 Å². The Morgan fingerprint density at radius 3 is 2.63 bits per heavy atom. The average Bonchev–Trinajstić information content (AvgIpc) is 2.44. The Kier molecular flexibility index (Phi) is 6.25. The van der Waals surface area contributed by atoms with Gasteiger partial charge in [0.2, 0.25) is 0 Å². The Morgan fingerprint density at radius 2 is 2.05 bits per heavy atom. The topological polar surface area (TPSA) is 51.6 Å². The molecule has 2 atom stereocenters. The van der Waals surface area contributed by atoms with Gasteiger partial charge in [-0.05, 0) is 32.8 Å². The van der Waals surface area contributed by atoms with Gasteiger partial charge in [0.15, 0.2) is 0 Å². The zero-order valence-corrected chi connectivity index (χ0v) is 12.3. The van der Waals surface area contributed by atoms with Gasteiger partial charge in [-0.3, -0.25) is 4.98 Å². The maximum absolute atomic E-state index is 10.5. The number of aliphatic hydroxyl groups excluding tert-OH is 1. The Balaban J connectivity index is 2.88. The van der Waals surface area contributed by atoms with Gasteiger partial charge in [-0.2, -0.15) is 0 Å². The zero-order valence-electron chi connectivity index (χ0n) is 12.3. The first-order valence-corrected chi connectivity index (χ1v) is 6.97. The highest BCUT2D eigenvalue weighted by atomic mass is 16.5. The summed E-state index contributed by atoms with van der Waals surface area (Å²) in [6.45, 7) is 9.12. The Morgan fingerprint density at radius 1 is 1.32 bits per heavy atom. The molecule has 0 saturated carbocycles. The van der Waals surface area contributed by atoms with Crippen molar-refractivity contribution in [3.8, 4) is 5.75 Å². The first kappa shape index (κ1) is 15.9. The first-order valence-electron chi connectivity index (χ1n) is 6.97. The second kappa shape index (κ2) is 7.46. The van der Waals surface area contributed by atoms with Crippen molar-refractivity contribution in [3.63, 3.8) is 0 Å².